The van der Waals surface area contributed by atoms with E-state index < -0.39 is 0 Å². The molecule has 0 aliphatic carbocycles. The summed E-state index contributed by atoms with van der Waals surface area (Å²) in [5.74, 6) is 1.77. The Balaban J connectivity index is 1.41. The van der Waals surface area contributed by atoms with Crippen molar-refractivity contribution in [2.75, 3.05) is 31.1 Å². The van der Waals surface area contributed by atoms with Gasteiger partial charge in [0, 0.05) is 49.7 Å². The summed E-state index contributed by atoms with van der Waals surface area (Å²) in [5, 5.41) is 4.26. The van der Waals surface area contributed by atoms with E-state index in [1.807, 2.05) is 55.3 Å². The maximum Gasteiger partial charge on any atom is 0.253 e. The number of rotatable bonds is 3. The zero-order valence-corrected chi connectivity index (χ0v) is 17.4. The summed E-state index contributed by atoms with van der Waals surface area (Å²) in [5.41, 5.74) is 2.57. The Morgan fingerprint density at radius 2 is 1.75 bits per heavy atom. The molecule has 1 aliphatic heterocycles. The smallest absolute Gasteiger partial charge is 0.253 e. The normalized spacial score (nSPS) is 14.4. The molecule has 1 fully saturated rings. The number of halogens is 1. The third kappa shape index (κ3) is 3.91. The van der Waals surface area contributed by atoms with Gasteiger partial charge in [0.2, 0.25) is 0 Å². The fourth-order valence-corrected chi connectivity index (χ4v) is 3.66. The first-order valence-electron chi connectivity index (χ1n) is 9.17. The van der Waals surface area contributed by atoms with Crippen molar-refractivity contribution in [2.45, 2.75) is 13.8 Å². The van der Waals surface area contributed by atoms with Crippen LogP contribution >= 0.6 is 15.9 Å². The van der Waals surface area contributed by atoms with Gasteiger partial charge < -0.3 is 9.80 Å². The van der Waals surface area contributed by atoms with Gasteiger partial charge in [-0.15, -0.1) is 0 Å². The van der Waals surface area contributed by atoms with Crippen molar-refractivity contribution in [3.63, 3.8) is 0 Å². The van der Waals surface area contributed by atoms with Gasteiger partial charge in [-0.25, -0.2) is 14.6 Å². The van der Waals surface area contributed by atoms with Crippen LogP contribution < -0.4 is 4.90 Å². The molecule has 3 aromatic rings. The molecule has 1 aromatic carbocycles. The third-order valence-corrected chi connectivity index (χ3v) is 5.18. The molecular weight excluding hydrogens is 420 g/mol. The first-order valence-corrected chi connectivity index (χ1v) is 9.96. The van der Waals surface area contributed by atoms with E-state index in [1.165, 1.54) is 0 Å². The van der Waals surface area contributed by atoms with E-state index in [9.17, 15) is 4.79 Å². The van der Waals surface area contributed by atoms with E-state index in [-0.39, 0.29) is 5.91 Å². The van der Waals surface area contributed by atoms with E-state index in [4.69, 9.17) is 0 Å². The van der Waals surface area contributed by atoms with Gasteiger partial charge in [-0.05, 0) is 54.0 Å². The summed E-state index contributed by atoms with van der Waals surface area (Å²) in [4.78, 5) is 25.8. The van der Waals surface area contributed by atoms with E-state index in [0.717, 1.165) is 40.6 Å². The highest BCUT2D eigenvalue weighted by atomic mass is 79.9. The third-order valence-electron chi connectivity index (χ3n) is 4.77. The van der Waals surface area contributed by atoms with Gasteiger partial charge in [0.1, 0.15) is 11.6 Å². The molecule has 2 aromatic heterocycles. The molecule has 0 saturated carbocycles. The van der Waals surface area contributed by atoms with Crippen LogP contribution in [0, 0.1) is 13.8 Å². The Kier molecular flexibility index (Phi) is 5.13. The number of aromatic nitrogens is 4. The number of anilines is 1. The molecule has 4 rings (SSSR count). The van der Waals surface area contributed by atoms with Crippen molar-refractivity contribution >= 4 is 27.7 Å². The Bertz CT molecular complexity index is 972. The Hall–Kier alpha value is -2.74. The predicted molar refractivity (Wildman–Crippen MR) is 111 cm³/mol. The summed E-state index contributed by atoms with van der Waals surface area (Å²) in [6.07, 6.45) is 3.62. The second-order valence-electron chi connectivity index (χ2n) is 6.84. The summed E-state index contributed by atoms with van der Waals surface area (Å²) in [6, 6.07) is 9.54. The zero-order chi connectivity index (χ0) is 19.7. The highest BCUT2D eigenvalue weighted by Gasteiger charge is 2.23. The van der Waals surface area contributed by atoms with Gasteiger partial charge in [-0.3, -0.25) is 4.79 Å². The molecule has 0 unspecified atom stereocenters. The van der Waals surface area contributed by atoms with E-state index in [2.05, 4.69) is 35.9 Å². The van der Waals surface area contributed by atoms with Crippen LogP contribution in [-0.4, -0.2) is 56.7 Å². The lowest BCUT2D eigenvalue weighted by molar-refractivity contribution is 0.0746. The van der Waals surface area contributed by atoms with Gasteiger partial charge in [0.15, 0.2) is 0 Å². The second-order valence-corrected chi connectivity index (χ2v) is 7.76. The minimum absolute atomic E-state index is 0.0582. The van der Waals surface area contributed by atoms with Crippen LogP contribution in [0.5, 0.6) is 0 Å². The summed E-state index contributed by atoms with van der Waals surface area (Å²) in [7, 11) is 0. The average Bonchev–Trinajstić information content (AvgIpc) is 3.13. The van der Waals surface area contributed by atoms with E-state index in [1.54, 1.807) is 10.9 Å². The van der Waals surface area contributed by atoms with Crippen LogP contribution in [0.15, 0.2) is 47.2 Å². The van der Waals surface area contributed by atoms with Crippen molar-refractivity contribution in [2.24, 2.45) is 0 Å². The molecular formula is C20H21BrN6O. The molecule has 144 valence electrons. The minimum Gasteiger partial charge on any atom is -0.353 e. The molecule has 0 N–H and O–H groups in total. The second kappa shape index (κ2) is 7.71. The topological polar surface area (TPSA) is 67.2 Å². The zero-order valence-electron chi connectivity index (χ0n) is 15.8. The van der Waals surface area contributed by atoms with Gasteiger partial charge >= 0.3 is 0 Å². The number of piperazine rings is 1. The van der Waals surface area contributed by atoms with Crippen LogP contribution in [0.2, 0.25) is 0 Å². The molecule has 7 nitrogen and oxygen atoms in total. The summed E-state index contributed by atoms with van der Waals surface area (Å²) < 4.78 is 2.68. The lowest BCUT2D eigenvalue weighted by atomic mass is 10.1. The molecule has 8 heteroatoms. The van der Waals surface area contributed by atoms with E-state index >= 15 is 0 Å². The van der Waals surface area contributed by atoms with Crippen LogP contribution in [0.25, 0.3) is 5.69 Å². The molecule has 0 radical (unpaired) electrons. The van der Waals surface area contributed by atoms with Crippen LogP contribution in [0.4, 0.5) is 5.82 Å². The predicted octanol–water partition coefficient (Wildman–Crippen LogP) is 3.00. The maximum absolute atomic E-state index is 12.9. The number of nitrogens with zero attached hydrogens (tertiary/aromatic N) is 6. The first-order chi connectivity index (χ1) is 13.5. The lowest BCUT2D eigenvalue weighted by Gasteiger charge is -2.35. The largest absolute Gasteiger partial charge is 0.353 e. The minimum atomic E-state index is 0.0582. The number of benzene rings is 1. The standard InChI is InChI=1S/C20H21BrN6O/c1-14-11-19(24-15(2)23-14)25-7-9-26(10-8-25)20(28)16-3-5-18(6-4-16)27-13-17(21)12-22-27/h3-6,11-13H,7-10H2,1-2H3. The number of amides is 1. The Labute approximate surface area is 172 Å². The first kappa shape index (κ1) is 18.6. The summed E-state index contributed by atoms with van der Waals surface area (Å²) >= 11 is 3.39. The molecule has 3 heterocycles. The fraction of sp³-hybridized carbons (Fsp3) is 0.300. The lowest BCUT2D eigenvalue weighted by Crippen LogP contribution is -2.49. The van der Waals surface area contributed by atoms with Crippen LogP contribution in [-0.2, 0) is 0 Å². The fourth-order valence-electron chi connectivity index (χ4n) is 3.38. The van der Waals surface area contributed by atoms with Crippen molar-refractivity contribution in [1.82, 2.24) is 24.6 Å². The van der Waals surface area contributed by atoms with Crippen LogP contribution in [0.1, 0.15) is 21.9 Å². The van der Waals surface area contributed by atoms with Gasteiger partial charge in [0.05, 0.1) is 16.4 Å². The highest BCUT2D eigenvalue weighted by Crippen LogP contribution is 2.18. The highest BCUT2D eigenvalue weighted by molar-refractivity contribution is 9.10. The molecule has 0 bridgehead atoms. The molecule has 0 atom stereocenters. The van der Waals surface area contributed by atoms with E-state index in [0.29, 0.717) is 18.7 Å². The number of carbonyl (C=O) groups excluding carboxylic acids is 1. The molecule has 1 aliphatic rings. The number of hydrogen-bond donors (Lipinski definition) is 0. The van der Waals surface area contributed by atoms with Gasteiger partial charge in [-0.1, -0.05) is 0 Å². The van der Waals surface area contributed by atoms with Crippen molar-refractivity contribution in [3.8, 4) is 5.69 Å². The number of hydrogen-bond acceptors (Lipinski definition) is 5. The van der Waals surface area contributed by atoms with Crippen LogP contribution in [0.3, 0.4) is 0 Å². The van der Waals surface area contributed by atoms with Crippen molar-refractivity contribution in [3.05, 3.63) is 64.3 Å². The quantitative estimate of drug-likeness (QED) is 0.625. The molecule has 1 amide bonds. The van der Waals surface area contributed by atoms with Gasteiger partial charge in [0.25, 0.3) is 5.91 Å². The van der Waals surface area contributed by atoms with Gasteiger partial charge in [-0.2, -0.15) is 5.10 Å². The maximum atomic E-state index is 12.9. The monoisotopic (exact) mass is 440 g/mol. The number of carbonyl (C=O) groups is 1. The van der Waals surface area contributed by atoms with Crippen molar-refractivity contribution < 1.29 is 4.79 Å². The molecule has 28 heavy (non-hydrogen) atoms. The number of aryl methyl sites for hydroxylation is 2. The van der Waals surface area contributed by atoms with Crippen molar-refractivity contribution in [1.29, 1.82) is 0 Å². The molecule has 0 spiro atoms. The summed E-state index contributed by atoms with van der Waals surface area (Å²) in [6.45, 7) is 6.76. The Morgan fingerprint density at radius 3 is 2.36 bits per heavy atom. The SMILES string of the molecule is Cc1cc(N2CCN(C(=O)c3ccc(-n4cc(Br)cn4)cc3)CC2)nc(C)n1. The molecule has 1 saturated heterocycles. The Morgan fingerprint density at radius 1 is 1.04 bits per heavy atom. The average molecular weight is 441 g/mol.